The molecular weight excluding hydrogens is 430 g/mol. The van der Waals surface area contributed by atoms with Crippen molar-refractivity contribution in [2.75, 3.05) is 25.1 Å². The third-order valence-corrected chi connectivity index (χ3v) is 5.02. The zero-order valence-corrected chi connectivity index (χ0v) is 19.5. The molecule has 0 aromatic heterocycles. The van der Waals surface area contributed by atoms with Crippen molar-refractivity contribution in [2.45, 2.75) is 26.3 Å². The number of para-hydroxylation sites is 1. The SMILES string of the molecule is CCOc1ccc(CCNC(=O)NC(C(=O)Nc2ccccc2)c2ccccc2)cc1OCC. The predicted octanol–water partition coefficient (Wildman–Crippen LogP) is 4.71. The van der Waals surface area contributed by atoms with Gasteiger partial charge in [-0.1, -0.05) is 54.6 Å². The van der Waals surface area contributed by atoms with Crippen LogP contribution in [-0.4, -0.2) is 31.7 Å². The highest BCUT2D eigenvalue weighted by Gasteiger charge is 2.22. The summed E-state index contributed by atoms with van der Waals surface area (Å²) in [5.41, 5.74) is 2.36. The van der Waals surface area contributed by atoms with E-state index in [0.717, 1.165) is 5.56 Å². The maximum atomic E-state index is 12.9. The Hall–Kier alpha value is -4.00. The van der Waals surface area contributed by atoms with Gasteiger partial charge in [0.05, 0.1) is 13.2 Å². The lowest BCUT2D eigenvalue weighted by Crippen LogP contribution is -2.43. The summed E-state index contributed by atoms with van der Waals surface area (Å²) < 4.78 is 11.3. The minimum atomic E-state index is -0.837. The van der Waals surface area contributed by atoms with Crippen molar-refractivity contribution >= 4 is 17.6 Å². The van der Waals surface area contributed by atoms with Crippen molar-refractivity contribution in [3.05, 3.63) is 90.0 Å². The molecule has 3 aromatic rings. The lowest BCUT2D eigenvalue weighted by atomic mass is 10.1. The molecule has 0 aliphatic carbocycles. The van der Waals surface area contributed by atoms with Crippen LogP contribution in [0, 0.1) is 0 Å². The van der Waals surface area contributed by atoms with E-state index in [1.807, 2.05) is 80.6 Å². The Bertz CT molecular complexity index is 1060. The number of carbonyl (C=O) groups excluding carboxylic acids is 2. The van der Waals surface area contributed by atoms with Crippen LogP contribution in [0.2, 0.25) is 0 Å². The van der Waals surface area contributed by atoms with Crippen LogP contribution in [0.4, 0.5) is 10.5 Å². The molecule has 0 fully saturated rings. The Kier molecular flexibility index (Phi) is 9.34. The van der Waals surface area contributed by atoms with E-state index in [9.17, 15) is 9.59 Å². The zero-order chi connectivity index (χ0) is 24.2. The second-order valence-corrected chi connectivity index (χ2v) is 7.50. The molecule has 0 saturated heterocycles. The van der Waals surface area contributed by atoms with E-state index in [0.29, 0.717) is 48.9 Å². The number of ether oxygens (including phenoxy) is 2. The zero-order valence-electron chi connectivity index (χ0n) is 19.5. The van der Waals surface area contributed by atoms with Crippen LogP contribution < -0.4 is 25.4 Å². The summed E-state index contributed by atoms with van der Waals surface area (Å²) in [6, 6.07) is 22.8. The fraction of sp³-hybridized carbons (Fsp3) is 0.259. The van der Waals surface area contributed by atoms with Crippen LogP contribution in [0.5, 0.6) is 11.5 Å². The second kappa shape index (κ2) is 12.9. The minimum absolute atomic E-state index is 0.319. The number of nitrogens with one attached hydrogen (secondary N) is 3. The molecule has 3 rings (SSSR count). The first-order valence-corrected chi connectivity index (χ1v) is 11.4. The molecule has 0 radical (unpaired) electrons. The molecule has 3 N–H and O–H groups in total. The summed E-state index contributed by atoms with van der Waals surface area (Å²) in [6.07, 6.45) is 0.603. The predicted molar refractivity (Wildman–Crippen MR) is 133 cm³/mol. The molecule has 0 heterocycles. The first-order valence-electron chi connectivity index (χ1n) is 11.4. The smallest absolute Gasteiger partial charge is 0.315 e. The van der Waals surface area contributed by atoms with Crippen LogP contribution >= 0.6 is 0 Å². The quantitative estimate of drug-likeness (QED) is 0.386. The molecule has 3 amide bonds. The molecule has 0 aliphatic rings. The van der Waals surface area contributed by atoms with Crippen LogP contribution in [0.1, 0.15) is 31.0 Å². The molecule has 0 aliphatic heterocycles. The van der Waals surface area contributed by atoms with Crippen molar-refractivity contribution in [3.63, 3.8) is 0 Å². The molecule has 1 atom stereocenters. The van der Waals surface area contributed by atoms with E-state index in [-0.39, 0.29) is 5.91 Å². The third-order valence-electron chi connectivity index (χ3n) is 5.02. The molecular formula is C27H31N3O4. The van der Waals surface area contributed by atoms with Gasteiger partial charge in [-0.3, -0.25) is 4.79 Å². The third kappa shape index (κ3) is 7.27. The molecule has 7 nitrogen and oxygen atoms in total. The van der Waals surface area contributed by atoms with Gasteiger partial charge in [0.25, 0.3) is 5.91 Å². The van der Waals surface area contributed by atoms with Gasteiger partial charge in [-0.2, -0.15) is 0 Å². The lowest BCUT2D eigenvalue weighted by molar-refractivity contribution is -0.118. The Balaban J connectivity index is 1.60. The molecule has 1 unspecified atom stereocenters. The van der Waals surface area contributed by atoms with E-state index in [1.165, 1.54) is 0 Å². The molecule has 7 heteroatoms. The van der Waals surface area contributed by atoms with Gasteiger partial charge in [0.2, 0.25) is 0 Å². The van der Waals surface area contributed by atoms with Gasteiger partial charge in [-0.25, -0.2) is 4.79 Å². The lowest BCUT2D eigenvalue weighted by Gasteiger charge is -2.19. The van der Waals surface area contributed by atoms with E-state index in [1.54, 1.807) is 12.1 Å². The number of urea groups is 1. The van der Waals surface area contributed by atoms with E-state index >= 15 is 0 Å². The van der Waals surface area contributed by atoms with Gasteiger partial charge < -0.3 is 25.4 Å². The number of hydrogen-bond acceptors (Lipinski definition) is 4. The number of benzene rings is 3. The maximum Gasteiger partial charge on any atom is 0.315 e. The first-order chi connectivity index (χ1) is 16.6. The average molecular weight is 462 g/mol. The Labute approximate surface area is 200 Å². The largest absolute Gasteiger partial charge is 0.490 e. The summed E-state index contributed by atoms with van der Waals surface area (Å²) in [6.45, 7) is 5.34. The van der Waals surface area contributed by atoms with Crippen molar-refractivity contribution in [3.8, 4) is 11.5 Å². The fourth-order valence-electron chi connectivity index (χ4n) is 3.44. The highest BCUT2D eigenvalue weighted by atomic mass is 16.5. The van der Waals surface area contributed by atoms with Crippen molar-refractivity contribution in [2.24, 2.45) is 0 Å². The van der Waals surface area contributed by atoms with Gasteiger partial charge in [0, 0.05) is 12.2 Å². The van der Waals surface area contributed by atoms with Crippen LogP contribution in [0.25, 0.3) is 0 Å². The van der Waals surface area contributed by atoms with Gasteiger partial charge in [-0.15, -0.1) is 0 Å². The Morgan fingerprint density at radius 2 is 1.47 bits per heavy atom. The van der Waals surface area contributed by atoms with Crippen molar-refractivity contribution in [1.29, 1.82) is 0 Å². The van der Waals surface area contributed by atoms with E-state index in [2.05, 4.69) is 16.0 Å². The van der Waals surface area contributed by atoms with Gasteiger partial charge in [0.15, 0.2) is 11.5 Å². The molecule has 0 bridgehead atoms. The summed E-state index contributed by atoms with van der Waals surface area (Å²) in [5, 5.41) is 8.48. The van der Waals surface area contributed by atoms with Crippen LogP contribution in [0.3, 0.4) is 0 Å². The molecule has 3 aromatic carbocycles. The monoisotopic (exact) mass is 461 g/mol. The van der Waals surface area contributed by atoms with E-state index in [4.69, 9.17) is 9.47 Å². The van der Waals surface area contributed by atoms with Crippen molar-refractivity contribution in [1.82, 2.24) is 10.6 Å². The minimum Gasteiger partial charge on any atom is -0.490 e. The van der Waals surface area contributed by atoms with E-state index < -0.39 is 12.1 Å². The summed E-state index contributed by atoms with van der Waals surface area (Å²) in [4.78, 5) is 25.6. The number of carbonyl (C=O) groups is 2. The number of hydrogen-bond donors (Lipinski definition) is 3. The fourth-order valence-corrected chi connectivity index (χ4v) is 3.44. The van der Waals surface area contributed by atoms with Crippen LogP contribution in [-0.2, 0) is 11.2 Å². The maximum absolute atomic E-state index is 12.9. The molecule has 178 valence electrons. The molecule has 0 saturated carbocycles. The average Bonchev–Trinajstić information content (AvgIpc) is 2.85. The first kappa shape index (κ1) is 24.6. The van der Waals surface area contributed by atoms with Crippen LogP contribution in [0.15, 0.2) is 78.9 Å². The number of rotatable bonds is 11. The van der Waals surface area contributed by atoms with Crippen molar-refractivity contribution < 1.29 is 19.1 Å². The number of amides is 3. The normalized spacial score (nSPS) is 11.2. The molecule has 0 spiro atoms. The Morgan fingerprint density at radius 1 is 0.824 bits per heavy atom. The van der Waals surface area contributed by atoms with Gasteiger partial charge in [-0.05, 0) is 55.7 Å². The Morgan fingerprint density at radius 3 is 2.15 bits per heavy atom. The van der Waals surface area contributed by atoms with Gasteiger partial charge >= 0.3 is 6.03 Å². The summed E-state index contributed by atoms with van der Waals surface area (Å²) in [5.74, 6) is 1.07. The second-order valence-electron chi connectivity index (χ2n) is 7.50. The molecule has 34 heavy (non-hydrogen) atoms. The topological polar surface area (TPSA) is 88.7 Å². The van der Waals surface area contributed by atoms with Gasteiger partial charge in [0.1, 0.15) is 6.04 Å². The highest BCUT2D eigenvalue weighted by Crippen LogP contribution is 2.28. The summed E-state index contributed by atoms with van der Waals surface area (Å²) in [7, 11) is 0. The standard InChI is InChI=1S/C27H31N3O4/c1-3-33-23-16-15-20(19-24(23)34-4-2)17-18-28-27(32)30-25(21-11-7-5-8-12-21)26(31)29-22-13-9-6-10-14-22/h5-16,19,25H,3-4,17-18H2,1-2H3,(H,29,31)(H2,28,30,32). The highest BCUT2D eigenvalue weighted by molar-refractivity contribution is 5.97. The summed E-state index contributed by atoms with van der Waals surface area (Å²) >= 11 is 0. The number of anilines is 1.